The number of thioether (sulfide) groups is 1. The van der Waals surface area contributed by atoms with Crippen LogP contribution in [0.25, 0.3) is 0 Å². The summed E-state index contributed by atoms with van der Waals surface area (Å²) in [6, 6.07) is 2.47. The van der Waals surface area contributed by atoms with Crippen LogP contribution in [0.2, 0.25) is 0 Å². The van der Waals surface area contributed by atoms with Crippen molar-refractivity contribution in [3.8, 4) is 6.07 Å². The van der Waals surface area contributed by atoms with Gasteiger partial charge in [-0.05, 0) is 37.7 Å². The molecule has 3 atom stereocenters. The average molecular weight is 275 g/mol. The standard InChI is InChI=1S/C15H21N3S/c1-3-4-12-5-6-13(8-16)14(7-12)19-15-17-9-11(2)10-18-15/h9-10,12-14H,3-7H2,1-2H3. The molecule has 1 saturated carbocycles. The van der Waals surface area contributed by atoms with E-state index < -0.39 is 0 Å². The van der Waals surface area contributed by atoms with Gasteiger partial charge in [-0.3, -0.25) is 0 Å². The topological polar surface area (TPSA) is 49.6 Å². The highest BCUT2D eigenvalue weighted by Gasteiger charge is 2.31. The van der Waals surface area contributed by atoms with Crippen molar-refractivity contribution >= 4 is 11.8 Å². The van der Waals surface area contributed by atoms with Crippen LogP contribution in [-0.4, -0.2) is 15.2 Å². The van der Waals surface area contributed by atoms with Gasteiger partial charge in [-0.25, -0.2) is 9.97 Å². The van der Waals surface area contributed by atoms with Gasteiger partial charge in [0.15, 0.2) is 5.16 Å². The largest absolute Gasteiger partial charge is 0.231 e. The third-order valence-electron chi connectivity index (χ3n) is 3.78. The molecule has 0 aromatic carbocycles. The fourth-order valence-electron chi connectivity index (χ4n) is 2.74. The molecular weight excluding hydrogens is 254 g/mol. The SMILES string of the molecule is CCCC1CCC(C#N)C(Sc2ncc(C)cn2)C1. The number of hydrogen-bond donors (Lipinski definition) is 0. The molecule has 1 aliphatic rings. The summed E-state index contributed by atoms with van der Waals surface area (Å²) in [5, 5.41) is 10.5. The Labute approximate surface area is 119 Å². The van der Waals surface area contributed by atoms with Crippen molar-refractivity contribution < 1.29 is 0 Å². The molecular formula is C15H21N3S. The van der Waals surface area contributed by atoms with Gasteiger partial charge in [-0.2, -0.15) is 5.26 Å². The summed E-state index contributed by atoms with van der Waals surface area (Å²) < 4.78 is 0. The Hall–Kier alpha value is -1.08. The summed E-state index contributed by atoms with van der Waals surface area (Å²) in [6.45, 7) is 4.23. The summed E-state index contributed by atoms with van der Waals surface area (Å²) in [4.78, 5) is 8.71. The minimum atomic E-state index is 0.156. The predicted octanol–water partition coefficient (Wildman–Crippen LogP) is 3.99. The maximum absolute atomic E-state index is 9.30. The summed E-state index contributed by atoms with van der Waals surface area (Å²) in [6.07, 6.45) is 9.59. The molecule has 1 aromatic rings. The molecule has 4 heteroatoms. The zero-order chi connectivity index (χ0) is 13.7. The van der Waals surface area contributed by atoms with Crippen LogP contribution in [0, 0.1) is 30.1 Å². The Bertz CT molecular complexity index is 438. The van der Waals surface area contributed by atoms with Crippen molar-refractivity contribution in [2.24, 2.45) is 11.8 Å². The van der Waals surface area contributed by atoms with Crippen LogP contribution in [0.4, 0.5) is 0 Å². The maximum atomic E-state index is 9.30. The van der Waals surface area contributed by atoms with E-state index in [1.165, 1.54) is 19.3 Å². The second-order valence-corrected chi connectivity index (χ2v) is 6.61. The molecule has 0 bridgehead atoms. The van der Waals surface area contributed by atoms with Gasteiger partial charge in [0.2, 0.25) is 0 Å². The molecule has 19 heavy (non-hydrogen) atoms. The van der Waals surface area contributed by atoms with Crippen LogP contribution in [0.3, 0.4) is 0 Å². The van der Waals surface area contributed by atoms with E-state index in [1.54, 1.807) is 11.8 Å². The summed E-state index contributed by atoms with van der Waals surface area (Å²) in [5.41, 5.74) is 1.08. The number of hydrogen-bond acceptors (Lipinski definition) is 4. The number of aromatic nitrogens is 2. The highest BCUT2D eigenvalue weighted by Crippen LogP contribution is 2.40. The van der Waals surface area contributed by atoms with E-state index >= 15 is 0 Å². The molecule has 1 fully saturated rings. The molecule has 1 aromatic heterocycles. The van der Waals surface area contributed by atoms with Gasteiger partial charge >= 0.3 is 0 Å². The molecule has 0 aliphatic heterocycles. The second-order valence-electron chi connectivity index (χ2n) is 5.40. The van der Waals surface area contributed by atoms with Gasteiger partial charge in [0.05, 0.1) is 12.0 Å². The molecule has 3 nitrogen and oxygen atoms in total. The van der Waals surface area contributed by atoms with Crippen LogP contribution < -0.4 is 0 Å². The van der Waals surface area contributed by atoms with Gasteiger partial charge in [0.1, 0.15) is 0 Å². The Morgan fingerprint density at radius 2 is 2.11 bits per heavy atom. The first-order valence-electron chi connectivity index (χ1n) is 7.07. The number of rotatable bonds is 4. The first kappa shape index (κ1) is 14.3. The fourth-order valence-corrected chi connectivity index (χ4v) is 3.96. The van der Waals surface area contributed by atoms with E-state index in [9.17, 15) is 5.26 Å². The lowest BCUT2D eigenvalue weighted by Crippen LogP contribution is -2.26. The van der Waals surface area contributed by atoms with Crippen LogP contribution >= 0.6 is 11.8 Å². The van der Waals surface area contributed by atoms with Crippen molar-refractivity contribution in [2.75, 3.05) is 0 Å². The summed E-state index contributed by atoms with van der Waals surface area (Å²) in [7, 11) is 0. The number of nitriles is 1. The molecule has 0 saturated heterocycles. The van der Waals surface area contributed by atoms with Gasteiger partial charge in [0.25, 0.3) is 0 Å². The lowest BCUT2D eigenvalue weighted by atomic mass is 9.80. The second kappa shape index (κ2) is 6.91. The van der Waals surface area contributed by atoms with E-state index in [0.29, 0.717) is 5.25 Å². The third-order valence-corrected chi connectivity index (χ3v) is 5.02. The zero-order valence-corrected chi connectivity index (χ0v) is 12.5. The van der Waals surface area contributed by atoms with Crippen LogP contribution in [-0.2, 0) is 0 Å². The van der Waals surface area contributed by atoms with Crippen molar-refractivity contribution in [1.29, 1.82) is 5.26 Å². The molecule has 1 aliphatic carbocycles. The van der Waals surface area contributed by atoms with E-state index in [2.05, 4.69) is 23.0 Å². The van der Waals surface area contributed by atoms with Crippen molar-refractivity contribution in [3.05, 3.63) is 18.0 Å². The Kier molecular flexibility index (Phi) is 5.21. The average Bonchev–Trinajstić information content (AvgIpc) is 2.42. The van der Waals surface area contributed by atoms with Gasteiger partial charge in [-0.1, -0.05) is 31.5 Å². The normalized spacial score (nSPS) is 26.9. The maximum Gasteiger partial charge on any atom is 0.187 e. The Morgan fingerprint density at radius 3 is 2.74 bits per heavy atom. The minimum Gasteiger partial charge on any atom is -0.231 e. The van der Waals surface area contributed by atoms with Crippen LogP contribution in [0.15, 0.2) is 17.6 Å². The lowest BCUT2D eigenvalue weighted by Gasteiger charge is -2.31. The third kappa shape index (κ3) is 3.94. The molecule has 0 radical (unpaired) electrons. The first-order chi connectivity index (χ1) is 9.22. The first-order valence-corrected chi connectivity index (χ1v) is 7.95. The highest BCUT2D eigenvalue weighted by molar-refractivity contribution is 7.99. The smallest absolute Gasteiger partial charge is 0.187 e. The summed E-state index contributed by atoms with van der Waals surface area (Å²) >= 11 is 1.69. The Morgan fingerprint density at radius 1 is 1.37 bits per heavy atom. The van der Waals surface area contributed by atoms with Gasteiger partial charge < -0.3 is 0 Å². The molecule has 0 N–H and O–H groups in total. The molecule has 0 amide bonds. The van der Waals surface area contributed by atoms with E-state index in [1.807, 2.05) is 19.3 Å². The predicted molar refractivity (Wildman–Crippen MR) is 77.8 cm³/mol. The van der Waals surface area contributed by atoms with Crippen molar-refractivity contribution in [2.45, 2.75) is 56.4 Å². The van der Waals surface area contributed by atoms with Crippen LogP contribution in [0.5, 0.6) is 0 Å². The summed E-state index contributed by atoms with van der Waals surface area (Å²) in [5.74, 6) is 0.931. The molecule has 2 rings (SSSR count). The number of aryl methyl sites for hydroxylation is 1. The van der Waals surface area contributed by atoms with Gasteiger partial charge in [-0.15, -0.1) is 0 Å². The fraction of sp³-hybridized carbons (Fsp3) is 0.667. The van der Waals surface area contributed by atoms with E-state index in [-0.39, 0.29) is 5.92 Å². The quantitative estimate of drug-likeness (QED) is 0.780. The minimum absolute atomic E-state index is 0.156. The van der Waals surface area contributed by atoms with E-state index in [0.717, 1.165) is 29.5 Å². The monoisotopic (exact) mass is 275 g/mol. The number of nitrogens with zero attached hydrogens (tertiary/aromatic N) is 3. The molecule has 102 valence electrons. The molecule has 1 heterocycles. The lowest BCUT2D eigenvalue weighted by molar-refractivity contribution is 0.306. The van der Waals surface area contributed by atoms with Crippen LogP contribution in [0.1, 0.15) is 44.6 Å². The Balaban J connectivity index is 2.02. The van der Waals surface area contributed by atoms with Gasteiger partial charge in [0, 0.05) is 17.6 Å². The zero-order valence-electron chi connectivity index (χ0n) is 11.7. The highest BCUT2D eigenvalue weighted by atomic mass is 32.2. The van der Waals surface area contributed by atoms with Crippen molar-refractivity contribution in [1.82, 2.24) is 9.97 Å². The molecule has 3 unspecified atom stereocenters. The molecule has 0 spiro atoms. The van der Waals surface area contributed by atoms with Crippen molar-refractivity contribution in [3.63, 3.8) is 0 Å². The van der Waals surface area contributed by atoms with E-state index in [4.69, 9.17) is 0 Å².